The van der Waals surface area contributed by atoms with Crippen LogP contribution in [-0.2, 0) is 24.7 Å². The lowest BCUT2D eigenvalue weighted by Gasteiger charge is -2.31. The maximum absolute atomic E-state index is 9.58. The third-order valence-electron chi connectivity index (χ3n) is 7.72. The van der Waals surface area contributed by atoms with Gasteiger partial charge in [-0.2, -0.15) is 0 Å². The van der Waals surface area contributed by atoms with Crippen molar-refractivity contribution in [3.63, 3.8) is 0 Å². The normalized spacial score (nSPS) is 12.8. The fourth-order valence-electron chi connectivity index (χ4n) is 5.20. The summed E-state index contributed by atoms with van der Waals surface area (Å²) in [5.41, 5.74) is 10.6. The van der Waals surface area contributed by atoms with E-state index < -0.39 is 0 Å². The number of aliphatic hydroxyl groups excluding tert-OH is 1. The first-order chi connectivity index (χ1) is 19.1. The molecule has 40 heavy (non-hydrogen) atoms. The number of aryl methyl sites for hydroxylation is 2. The van der Waals surface area contributed by atoms with Gasteiger partial charge in [-0.05, 0) is 91.5 Å². The summed E-state index contributed by atoms with van der Waals surface area (Å²) in [5, 5.41) is 17.0. The van der Waals surface area contributed by atoms with Crippen LogP contribution in [0.1, 0.15) is 108 Å². The monoisotopic (exact) mass is 544 g/mol. The van der Waals surface area contributed by atoms with Gasteiger partial charge in [-0.3, -0.25) is 0 Å². The summed E-state index contributed by atoms with van der Waals surface area (Å²) < 4.78 is 0. The van der Waals surface area contributed by atoms with Crippen molar-refractivity contribution in [3.8, 4) is 0 Å². The third kappa shape index (κ3) is 10.0. The van der Waals surface area contributed by atoms with Gasteiger partial charge >= 0.3 is 0 Å². The number of anilines is 2. The topological polar surface area (TPSA) is 44.3 Å². The molecule has 0 heterocycles. The molecule has 0 fully saturated rings. The second-order valence-corrected chi connectivity index (χ2v) is 11.8. The van der Waals surface area contributed by atoms with Crippen molar-refractivity contribution in [2.45, 2.75) is 112 Å². The van der Waals surface area contributed by atoms with Crippen LogP contribution in [0.3, 0.4) is 0 Å². The van der Waals surface area contributed by atoms with E-state index in [0.29, 0.717) is 12.3 Å². The predicted octanol–water partition coefficient (Wildman–Crippen LogP) is 9.45. The first kappa shape index (κ1) is 33.4. The van der Waals surface area contributed by atoms with Crippen molar-refractivity contribution in [1.29, 1.82) is 0 Å². The van der Waals surface area contributed by atoms with Gasteiger partial charge in [0.1, 0.15) is 0 Å². The van der Waals surface area contributed by atoms with Crippen LogP contribution in [0.4, 0.5) is 11.4 Å². The van der Waals surface area contributed by atoms with Gasteiger partial charge in [-0.15, -0.1) is 0 Å². The Bertz CT molecular complexity index is 1150. The van der Waals surface area contributed by atoms with E-state index in [2.05, 4.69) is 113 Å². The van der Waals surface area contributed by atoms with Gasteiger partial charge in [0.05, 0.1) is 6.10 Å². The number of aliphatic hydroxyl groups is 1. The molecule has 0 aliphatic heterocycles. The van der Waals surface area contributed by atoms with Crippen LogP contribution in [0.15, 0.2) is 60.7 Å². The van der Waals surface area contributed by atoms with Crippen LogP contribution in [0.25, 0.3) is 0 Å². The largest absolute Gasteiger partial charge is 0.393 e. The standard InChI is InChI=1S/C35H50N2O.C2H6/c1-8-10-30-23-31(36-20-19-28-12-14-29(15-13-28)22-27(5)38)16-18-34(30)37-24-35(6,7)33-21-25(3)11-17-32(33)26(4)9-2;1-2/h11-18,21,23,26-27,36-38H,8-10,19-20,22,24H2,1-7H3;1-2H3. The minimum atomic E-state index is -0.298. The third-order valence-corrected chi connectivity index (χ3v) is 7.72. The van der Waals surface area contributed by atoms with E-state index >= 15 is 0 Å². The minimum absolute atomic E-state index is 0.0238. The maximum Gasteiger partial charge on any atom is 0.0552 e. The molecule has 0 aromatic heterocycles. The number of hydrogen-bond donors (Lipinski definition) is 3. The lowest BCUT2D eigenvalue weighted by molar-refractivity contribution is 0.195. The lowest BCUT2D eigenvalue weighted by atomic mass is 9.77. The zero-order valence-corrected chi connectivity index (χ0v) is 26.8. The van der Waals surface area contributed by atoms with Crippen LogP contribution in [0.2, 0.25) is 0 Å². The van der Waals surface area contributed by atoms with Crippen LogP contribution in [0, 0.1) is 6.92 Å². The van der Waals surface area contributed by atoms with E-state index in [-0.39, 0.29) is 11.5 Å². The first-order valence-corrected chi connectivity index (χ1v) is 15.6. The van der Waals surface area contributed by atoms with Crippen LogP contribution in [-0.4, -0.2) is 24.3 Å². The molecule has 0 bridgehead atoms. The molecule has 0 saturated heterocycles. The lowest BCUT2D eigenvalue weighted by Crippen LogP contribution is -2.29. The quantitative estimate of drug-likeness (QED) is 0.189. The highest BCUT2D eigenvalue weighted by molar-refractivity contribution is 5.60. The van der Waals surface area contributed by atoms with E-state index in [1.54, 1.807) is 0 Å². The Morgan fingerprint density at radius 1 is 0.825 bits per heavy atom. The average molecular weight is 545 g/mol. The van der Waals surface area contributed by atoms with Gasteiger partial charge in [-0.25, -0.2) is 0 Å². The summed E-state index contributed by atoms with van der Waals surface area (Å²) in [6.45, 7) is 21.4. The van der Waals surface area contributed by atoms with Crippen molar-refractivity contribution < 1.29 is 5.11 Å². The number of nitrogens with one attached hydrogen (secondary N) is 2. The summed E-state index contributed by atoms with van der Waals surface area (Å²) in [7, 11) is 0. The highest BCUT2D eigenvalue weighted by atomic mass is 16.3. The van der Waals surface area contributed by atoms with Crippen molar-refractivity contribution in [2.24, 2.45) is 0 Å². The molecule has 220 valence electrons. The molecule has 0 aliphatic rings. The Hall–Kier alpha value is -2.78. The fourth-order valence-corrected chi connectivity index (χ4v) is 5.20. The molecule has 3 N–H and O–H groups in total. The summed E-state index contributed by atoms with van der Waals surface area (Å²) in [6, 6.07) is 22.4. The van der Waals surface area contributed by atoms with Crippen LogP contribution < -0.4 is 10.6 Å². The highest BCUT2D eigenvalue weighted by Crippen LogP contribution is 2.34. The van der Waals surface area contributed by atoms with Gasteiger partial charge < -0.3 is 15.7 Å². The molecule has 0 radical (unpaired) electrons. The number of hydrogen-bond acceptors (Lipinski definition) is 3. The summed E-state index contributed by atoms with van der Waals surface area (Å²) in [6.07, 6.45) is 4.72. The fraction of sp³-hybridized carbons (Fsp3) is 0.514. The Labute approximate surface area is 245 Å². The summed E-state index contributed by atoms with van der Waals surface area (Å²) >= 11 is 0. The molecule has 3 aromatic rings. The molecule has 0 amide bonds. The van der Waals surface area contributed by atoms with Gasteiger partial charge in [0.25, 0.3) is 0 Å². The molecule has 3 rings (SSSR count). The van der Waals surface area contributed by atoms with E-state index in [1.165, 1.54) is 44.8 Å². The molecule has 0 aliphatic carbocycles. The average Bonchev–Trinajstić information content (AvgIpc) is 2.94. The first-order valence-electron chi connectivity index (χ1n) is 15.6. The van der Waals surface area contributed by atoms with Gasteiger partial charge in [0.15, 0.2) is 0 Å². The van der Waals surface area contributed by atoms with E-state index in [0.717, 1.165) is 38.8 Å². The second kappa shape index (κ2) is 16.5. The van der Waals surface area contributed by atoms with E-state index in [4.69, 9.17) is 0 Å². The molecule has 2 unspecified atom stereocenters. The van der Waals surface area contributed by atoms with Crippen molar-refractivity contribution in [2.75, 3.05) is 23.7 Å². The van der Waals surface area contributed by atoms with Crippen LogP contribution in [0.5, 0.6) is 0 Å². The van der Waals surface area contributed by atoms with E-state index in [1.807, 2.05) is 20.8 Å². The second-order valence-electron chi connectivity index (χ2n) is 11.8. The van der Waals surface area contributed by atoms with Gasteiger partial charge in [0.2, 0.25) is 0 Å². The van der Waals surface area contributed by atoms with Crippen LogP contribution >= 0.6 is 0 Å². The highest BCUT2D eigenvalue weighted by Gasteiger charge is 2.25. The molecule has 0 saturated carbocycles. The number of benzene rings is 3. The Kier molecular flexibility index (Phi) is 13.8. The van der Waals surface area contributed by atoms with Crippen molar-refractivity contribution >= 4 is 11.4 Å². The smallest absolute Gasteiger partial charge is 0.0552 e. The molecule has 2 atom stereocenters. The zero-order valence-electron chi connectivity index (χ0n) is 26.8. The molecular formula is C37H56N2O. The number of rotatable bonds is 14. The van der Waals surface area contributed by atoms with Crippen molar-refractivity contribution in [1.82, 2.24) is 0 Å². The minimum Gasteiger partial charge on any atom is -0.393 e. The zero-order chi connectivity index (χ0) is 29.7. The molecular weight excluding hydrogens is 488 g/mol. The van der Waals surface area contributed by atoms with Crippen molar-refractivity contribution in [3.05, 3.63) is 94.0 Å². The predicted molar refractivity (Wildman–Crippen MR) is 177 cm³/mol. The molecule has 3 aromatic carbocycles. The summed E-state index contributed by atoms with van der Waals surface area (Å²) in [5.74, 6) is 0.563. The Morgan fingerprint density at radius 3 is 2.12 bits per heavy atom. The Balaban J connectivity index is 0.00000274. The maximum atomic E-state index is 9.58. The Morgan fingerprint density at radius 2 is 1.50 bits per heavy atom. The van der Waals surface area contributed by atoms with Gasteiger partial charge in [0, 0.05) is 29.9 Å². The van der Waals surface area contributed by atoms with Gasteiger partial charge in [-0.1, -0.05) is 103 Å². The SMILES string of the molecule is CC.CCCc1cc(NCCc2ccc(CC(C)O)cc2)ccc1NCC(C)(C)c1cc(C)ccc1C(C)CC. The molecule has 3 heteroatoms. The van der Waals surface area contributed by atoms with E-state index in [9.17, 15) is 5.11 Å². The molecule has 3 nitrogen and oxygen atoms in total. The summed E-state index contributed by atoms with van der Waals surface area (Å²) in [4.78, 5) is 0. The molecule has 0 spiro atoms.